The lowest BCUT2D eigenvalue weighted by Gasteiger charge is -2.08. The van der Waals surface area contributed by atoms with Gasteiger partial charge in [-0.1, -0.05) is 5.16 Å². The number of nitro benzene ring substituents is 1. The van der Waals surface area contributed by atoms with Gasteiger partial charge in [0.15, 0.2) is 5.75 Å². The van der Waals surface area contributed by atoms with Crippen LogP contribution < -0.4 is 9.47 Å². The summed E-state index contributed by atoms with van der Waals surface area (Å²) in [6.07, 6.45) is 1.06. The molecule has 0 atom stereocenters. The molecule has 0 aliphatic carbocycles. The van der Waals surface area contributed by atoms with E-state index in [4.69, 9.17) is 14.7 Å². The Morgan fingerprint density at radius 1 is 1.44 bits per heavy atom. The lowest BCUT2D eigenvalue weighted by atomic mass is 10.2. The minimum atomic E-state index is -0.601. The van der Waals surface area contributed by atoms with Gasteiger partial charge >= 0.3 is 5.69 Å². The van der Waals surface area contributed by atoms with Crippen molar-refractivity contribution < 1.29 is 19.6 Å². The summed E-state index contributed by atoms with van der Waals surface area (Å²) in [5, 5.41) is 21.9. The summed E-state index contributed by atoms with van der Waals surface area (Å²) in [5.74, 6) is 0.231. The second kappa shape index (κ2) is 4.96. The minimum Gasteiger partial charge on any atom is -0.493 e. The van der Waals surface area contributed by atoms with E-state index in [-0.39, 0.29) is 17.2 Å². The average Bonchev–Trinajstić information content (AvgIpc) is 2.28. The van der Waals surface area contributed by atoms with Crippen molar-refractivity contribution in [1.29, 1.82) is 0 Å². The first-order valence-corrected chi connectivity index (χ1v) is 4.22. The SMILES string of the molecule is COc1cc(C=NO)cc([N+](=O)[O-])c1OC. The highest BCUT2D eigenvalue weighted by Crippen LogP contribution is 2.37. The average molecular weight is 226 g/mol. The molecular weight excluding hydrogens is 216 g/mol. The first kappa shape index (κ1) is 11.8. The Balaban J connectivity index is 3.43. The highest BCUT2D eigenvalue weighted by atomic mass is 16.6. The predicted molar refractivity (Wildman–Crippen MR) is 55.6 cm³/mol. The Hall–Kier alpha value is -2.31. The van der Waals surface area contributed by atoms with E-state index < -0.39 is 4.92 Å². The summed E-state index contributed by atoms with van der Waals surface area (Å²) < 4.78 is 9.83. The standard InChI is InChI=1S/C9H10N2O5/c1-15-8-4-6(5-10-12)3-7(11(13)14)9(8)16-2/h3-5,12H,1-2H3. The van der Waals surface area contributed by atoms with Gasteiger partial charge in [-0.15, -0.1) is 0 Å². The minimum absolute atomic E-state index is 0.0302. The van der Waals surface area contributed by atoms with Gasteiger partial charge in [0, 0.05) is 11.6 Å². The Kier molecular flexibility index (Phi) is 3.65. The van der Waals surface area contributed by atoms with Crippen LogP contribution in [0.15, 0.2) is 17.3 Å². The third-order valence-corrected chi connectivity index (χ3v) is 1.89. The number of nitrogens with zero attached hydrogens (tertiary/aromatic N) is 2. The fourth-order valence-electron chi connectivity index (χ4n) is 1.24. The predicted octanol–water partition coefficient (Wildman–Crippen LogP) is 1.42. The molecule has 0 bridgehead atoms. The highest BCUT2D eigenvalue weighted by Gasteiger charge is 2.20. The highest BCUT2D eigenvalue weighted by molar-refractivity contribution is 5.82. The largest absolute Gasteiger partial charge is 0.493 e. The summed E-state index contributed by atoms with van der Waals surface area (Å²) in [4.78, 5) is 10.2. The molecular formula is C9H10N2O5. The Bertz CT molecular complexity index is 430. The zero-order valence-electron chi connectivity index (χ0n) is 8.71. The van der Waals surface area contributed by atoms with Crippen LogP contribution in [0, 0.1) is 10.1 Å². The Morgan fingerprint density at radius 2 is 2.12 bits per heavy atom. The lowest BCUT2D eigenvalue weighted by Crippen LogP contribution is -1.98. The van der Waals surface area contributed by atoms with Crippen molar-refractivity contribution in [3.05, 3.63) is 27.8 Å². The molecule has 0 saturated carbocycles. The van der Waals surface area contributed by atoms with Crippen LogP contribution in [-0.2, 0) is 0 Å². The van der Waals surface area contributed by atoms with Crippen LogP contribution >= 0.6 is 0 Å². The number of oxime groups is 1. The third kappa shape index (κ3) is 2.19. The van der Waals surface area contributed by atoms with E-state index in [0.717, 1.165) is 6.21 Å². The third-order valence-electron chi connectivity index (χ3n) is 1.89. The maximum atomic E-state index is 10.8. The number of hydrogen-bond acceptors (Lipinski definition) is 6. The van der Waals surface area contributed by atoms with Gasteiger partial charge in [0.25, 0.3) is 0 Å². The van der Waals surface area contributed by atoms with Crippen molar-refractivity contribution in [3.8, 4) is 11.5 Å². The molecule has 1 rings (SSSR count). The molecule has 0 unspecified atom stereocenters. The quantitative estimate of drug-likeness (QED) is 0.362. The number of ether oxygens (including phenoxy) is 2. The van der Waals surface area contributed by atoms with E-state index in [1.807, 2.05) is 0 Å². The zero-order chi connectivity index (χ0) is 12.1. The summed E-state index contributed by atoms with van der Waals surface area (Å²) in [7, 11) is 2.67. The monoisotopic (exact) mass is 226 g/mol. The number of benzene rings is 1. The van der Waals surface area contributed by atoms with Crippen LogP contribution in [0.2, 0.25) is 0 Å². The first-order chi connectivity index (χ1) is 7.63. The molecule has 0 saturated heterocycles. The molecule has 0 spiro atoms. The van der Waals surface area contributed by atoms with Gasteiger partial charge in [-0.05, 0) is 6.07 Å². The lowest BCUT2D eigenvalue weighted by molar-refractivity contribution is -0.385. The Morgan fingerprint density at radius 3 is 2.56 bits per heavy atom. The summed E-state index contributed by atoms with van der Waals surface area (Å²) in [6, 6.07) is 2.69. The van der Waals surface area contributed by atoms with Crippen LogP contribution in [0.5, 0.6) is 11.5 Å². The van der Waals surface area contributed by atoms with Gasteiger partial charge in [0.05, 0.1) is 25.4 Å². The van der Waals surface area contributed by atoms with Crippen LogP contribution in [0.4, 0.5) is 5.69 Å². The van der Waals surface area contributed by atoms with E-state index in [2.05, 4.69) is 5.16 Å². The summed E-state index contributed by atoms with van der Waals surface area (Å²) in [6.45, 7) is 0. The second-order valence-corrected chi connectivity index (χ2v) is 2.78. The van der Waals surface area contributed by atoms with E-state index >= 15 is 0 Å². The fraction of sp³-hybridized carbons (Fsp3) is 0.222. The van der Waals surface area contributed by atoms with Gasteiger partial charge in [0.1, 0.15) is 0 Å². The Labute approximate surface area is 91.0 Å². The van der Waals surface area contributed by atoms with Gasteiger partial charge in [-0.2, -0.15) is 0 Å². The van der Waals surface area contributed by atoms with E-state index in [1.165, 1.54) is 26.4 Å². The van der Waals surface area contributed by atoms with Crippen LogP contribution in [-0.4, -0.2) is 30.6 Å². The van der Waals surface area contributed by atoms with Crippen LogP contribution in [0.3, 0.4) is 0 Å². The molecule has 7 nitrogen and oxygen atoms in total. The van der Waals surface area contributed by atoms with E-state index in [0.29, 0.717) is 5.56 Å². The van der Waals surface area contributed by atoms with Gasteiger partial charge < -0.3 is 14.7 Å². The van der Waals surface area contributed by atoms with Crippen molar-refractivity contribution in [2.24, 2.45) is 5.16 Å². The molecule has 7 heteroatoms. The molecule has 0 aliphatic rings. The zero-order valence-corrected chi connectivity index (χ0v) is 8.71. The number of rotatable bonds is 4. The normalized spacial score (nSPS) is 10.4. The fourth-order valence-corrected chi connectivity index (χ4v) is 1.24. The topological polar surface area (TPSA) is 94.2 Å². The molecule has 86 valence electrons. The molecule has 1 N–H and O–H groups in total. The summed E-state index contributed by atoms with van der Waals surface area (Å²) in [5.41, 5.74) is 0.0867. The van der Waals surface area contributed by atoms with Crippen molar-refractivity contribution >= 4 is 11.9 Å². The number of hydrogen-bond donors (Lipinski definition) is 1. The van der Waals surface area contributed by atoms with Crippen molar-refractivity contribution in [1.82, 2.24) is 0 Å². The van der Waals surface area contributed by atoms with Gasteiger partial charge in [-0.3, -0.25) is 10.1 Å². The van der Waals surface area contributed by atoms with E-state index in [1.54, 1.807) is 0 Å². The van der Waals surface area contributed by atoms with Gasteiger partial charge in [0.2, 0.25) is 5.75 Å². The molecule has 0 fully saturated rings. The van der Waals surface area contributed by atoms with Gasteiger partial charge in [-0.25, -0.2) is 0 Å². The second-order valence-electron chi connectivity index (χ2n) is 2.78. The molecule has 0 aliphatic heterocycles. The maximum absolute atomic E-state index is 10.8. The number of nitro groups is 1. The number of methoxy groups -OCH3 is 2. The maximum Gasteiger partial charge on any atom is 0.315 e. The molecule has 16 heavy (non-hydrogen) atoms. The molecule has 0 heterocycles. The first-order valence-electron chi connectivity index (χ1n) is 4.22. The van der Waals surface area contributed by atoms with Crippen molar-refractivity contribution in [2.45, 2.75) is 0 Å². The molecule has 1 aromatic carbocycles. The van der Waals surface area contributed by atoms with Crippen molar-refractivity contribution in [3.63, 3.8) is 0 Å². The smallest absolute Gasteiger partial charge is 0.315 e. The van der Waals surface area contributed by atoms with Crippen LogP contribution in [0.25, 0.3) is 0 Å². The molecule has 1 aromatic rings. The molecule has 0 amide bonds. The van der Waals surface area contributed by atoms with Crippen molar-refractivity contribution in [2.75, 3.05) is 14.2 Å². The molecule has 0 radical (unpaired) electrons. The summed E-state index contributed by atoms with van der Waals surface area (Å²) >= 11 is 0. The van der Waals surface area contributed by atoms with Crippen LogP contribution in [0.1, 0.15) is 5.56 Å². The van der Waals surface area contributed by atoms with E-state index in [9.17, 15) is 10.1 Å². The molecule has 0 aromatic heterocycles.